The summed E-state index contributed by atoms with van der Waals surface area (Å²) in [6, 6.07) is 5.64. The smallest absolute Gasteiger partial charge is 0.228 e. The molecule has 2 atom stereocenters. The standard InChI is InChI=1S/C23H32N2O3/c1-23(2,3)18-9-8-16(14-21(18)27)15-22(28)24-17-10-12-25(13-11-17)19-6-4-5-7-20(19)26/h8-12,14,19-20,26-27H,4-7,13,15H2,1-3H3,(H,24,28)/t19?,20-/m0/s1. The van der Waals surface area contributed by atoms with Crippen molar-refractivity contribution < 1.29 is 15.0 Å². The summed E-state index contributed by atoms with van der Waals surface area (Å²) in [6.07, 6.45) is 9.92. The molecule has 3 N–H and O–H groups in total. The zero-order valence-corrected chi connectivity index (χ0v) is 17.1. The highest BCUT2D eigenvalue weighted by Gasteiger charge is 2.27. The topological polar surface area (TPSA) is 72.8 Å². The number of phenols is 1. The van der Waals surface area contributed by atoms with Crippen LogP contribution in [0.4, 0.5) is 0 Å². The molecule has 1 aromatic carbocycles. The molecule has 5 heteroatoms. The third kappa shape index (κ3) is 4.96. The van der Waals surface area contributed by atoms with Gasteiger partial charge in [-0.15, -0.1) is 0 Å². The van der Waals surface area contributed by atoms with Crippen LogP contribution in [-0.2, 0) is 16.6 Å². The first-order valence-corrected chi connectivity index (χ1v) is 10.2. The molecule has 0 aromatic heterocycles. The molecule has 1 fully saturated rings. The number of nitrogens with zero attached hydrogens (tertiary/aromatic N) is 1. The normalized spacial score (nSPS) is 22.7. The van der Waals surface area contributed by atoms with Crippen molar-refractivity contribution in [1.29, 1.82) is 0 Å². The third-order valence-corrected chi connectivity index (χ3v) is 5.61. The number of hydrogen-bond acceptors (Lipinski definition) is 4. The quantitative estimate of drug-likeness (QED) is 0.744. The third-order valence-electron chi connectivity index (χ3n) is 5.61. The summed E-state index contributed by atoms with van der Waals surface area (Å²) < 4.78 is 0. The van der Waals surface area contributed by atoms with E-state index < -0.39 is 0 Å². The molecule has 1 saturated carbocycles. The predicted molar refractivity (Wildman–Crippen MR) is 111 cm³/mol. The number of hydrogen-bond donors (Lipinski definition) is 3. The van der Waals surface area contributed by atoms with Crippen LogP contribution in [0.1, 0.15) is 57.6 Å². The van der Waals surface area contributed by atoms with E-state index in [0.717, 1.165) is 42.5 Å². The number of aliphatic hydroxyl groups excluding tert-OH is 1. The van der Waals surface area contributed by atoms with E-state index in [1.54, 1.807) is 6.07 Å². The number of benzene rings is 1. The van der Waals surface area contributed by atoms with Crippen LogP contribution in [0.25, 0.3) is 0 Å². The molecule has 0 saturated heterocycles. The molecule has 1 heterocycles. The Morgan fingerprint density at radius 2 is 2.00 bits per heavy atom. The van der Waals surface area contributed by atoms with Gasteiger partial charge in [-0.05, 0) is 47.6 Å². The molecule has 0 radical (unpaired) electrons. The van der Waals surface area contributed by atoms with Crippen molar-refractivity contribution in [2.24, 2.45) is 0 Å². The van der Waals surface area contributed by atoms with E-state index in [9.17, 15) is 15.0 Å². The van der Waals surface area contributed by atoms with E-state index in [-0.39, 0.29) is 35.6 Å². The Balaban J connectivity index is 1.55. The van der Waals surface area contributed by atoms with Gasteiger partial charge in [0.1, 0.15) is 5.75 Å². The van der Waals surface area contributed by atoms with Crippen molar-refractivity contribution in [2.45, 2.75) is 70.4 Å². The lowest BCUT2D eigenvalue weighted by atomic mass is 9.85. The molecule has 2 aliphatic rings. The first-order valence-electron chi connectivity index (χ1n) is 10.2. The maximum absolute atomic E-state index is 12.4. The molecule has 1 amide bonds. The first-order chi connectivity index (χ1) is 13.2. The second kappa shape index (κ2) is 8.39. The SMILES string of the molecule is CC(C)(C)c1ccc(CC(=O)NC2=CCN(C3CCCC[C@@H]3O)C=C2)cc1O. The second-order valence-electron chi connectivity index (χ2n) is 8.92. The van der Waals surface area contributed by atoms with Crippen LogP contribution in [0.15, 0.2) is 42.2 Å². The molecule has 1 aliphatic heterocycles. The Hall–Kier alpha value is -2.27. The van der Waals surface area contributed by atoms with E-state index in [4.69, 9.17) is 0 Å². The van der Waals surface area contributed by atoms with Crippen molar-refractivity contribution in [3.8, 4) is 5.75 Å². The molecular formula is C23H32N2O3. The Labute approximate surface area is 167 Å². The summed E-state index contributed by atoms with van der Waals surface area (Å²) in [5.41, 5.74) is 2.30. The Bertz CT molecular complexity index is 777. The van der Waals surface area contributed by atoms with Crippen LogP contribution < -0.4 is 5.32 Å². The minimum atomic E-state index is -0.272. The van der Waals surface area contributed by atoms with Crippen LogP contribution in [-0.4, -0.2) is 39.7 Å². The largest absolute Gasteiger partial charge is 0.508 e. The fourth-order valence-corrected chi connectivity index (χ4v) is 4.04. The molecule has 28 heavy (non-hydrogen) atoms. The van der Waals surface area contributed by atoms with Gasteiger partial charge in [0.15, 0.2) is 0 Å². The van der Waals surface area contributed by atoms with E-state index in [1.807, 2.05) is 51.3 Å². The minimum Gasteiger partial charge on any atom is -0.508 e. The van der Waals surface area contributed by atoms with Crippen molar-refractivity contribution >= 4 is 5.91 Å². The Kier molecular flexibility index (Phi) is 6.14. The van der Waals surface area contributed by atoms with E-state index in [0.29, 0.717) is 6.54 Å². The number of aromatic hydroxyl groups is 1. The van der Waals surface area contributed by atoms with Gasteiger partial charge in [0, 0.05) is 18.4 Å². The fraction of sp³-hybridized carbons (Fsp3) is 0.522. The number of carbonyl (C=O) groups excluding carboxylic acids is 1. The summed E-state index contributed by atoms with van der Waals surface area (Å²) in [5, 5.41) is 23.4. The lowest BCUT2D eigenvalue weighted by molar-refractivity contribution is -0.119. The molecule has 3 rings (SSSR count). The number of carbonyl (C=O) groups is 1. The van der Waals surface area contributed by atoms with Crippen molar-refractivity contribution in [3.63, 3.8) is 0 Å². The van der Waals surface area contributed by atoms with Crippen molar-refractivity contribution in [3.05, 3.63) is 53.4 Å². The lowest BCUT2D eigenvalue weighted by Crippen LogP contribution is -2.43. The molecule has 152 valence electrons. The lowest BCUT2D eigenvalue weighted by Gasteiger charge is -2.37. The first kappa shape index (κ1) is 20.5. The number of phenolic OH excluding ortho intramolecular Hbond substituents is 1. The molecule has 0 bridgehead atoms. The number of amides is 1. The summed E-state index contributed by atoms with van der Waals surface area (Å²) in [4.78, 5) is 14.5. The highest BCUT2D eigenvalue weighted by Crippen LogP contribution is 2.31. The number of allylic oxidation sites excluding steroid dienone is 1. The maximum Gasteiger partial charge on any atom is 0.228 e. The van der Waals surface area contributed by atoms with Crippen molar-refractivity contribution in [1.82, 2.24) is 10.2 Å². The Morgan fingerprint density at radius 1 is 1.25 bits per heavy atom. The maximum atomic E-state index is 12.4. The zero-order chi connectivity index (χ0) is 20.3. The highest BCUT2D eigenvalue weighted by atomic mass is 16.3. The van der Waals surface area contributed by atoms with E-state index in [2.05, 4.69) is 10.2 Å². The average Bonchev–Trinajstić information content (AvgIpc) is 2.62. The van der Waals surface area contributed by atoms with Gasteiger partial charge in [-0.25, -0.2) is 0 Å². The molecule has 1 aliphatic carbocycles. The number of aliphatic hydroxyl groups is 1. The molecular weight excluding hydrogens is 352 g/mol. The van der Waals surface area contributed by atoms with Gasteiger partial charge < -0.3 is 20.4 Å². The van der Waals surface area contributed by atoms with Crippen LogP contribution in [0.5, 0.6) is 5.75 Å². The van der Waals surface area contributed by atoms with Gasteiger partial charge in [-0.2, -0.15) is 0 Å². The molecule has 1 aromatic rings. The number of rotatable bonds is 4. The molecule has 5 nitrogen and oxygen atoms in total. The highest BCUT2D eigenvalue weighted by molar-refractivity contribution is 5.81. The van der Waals surface area contributed by atoms with Crippen LogP contribution in [0.3, 0.4) is 0 Å². The van der Waals surface area contributed by atoms with Gasteiger partial charge >= 0.3 is 0 Å². The predicted octanol–water partition coefficient (Wildman–Crippen LogP) is 3.37. The van der Waals surface area contributed by atoms with Gasteiger partial charge in [-0.3, -0.25) is 4.79 Å². The van der Waals surface area contributed by atoms with Crippen molar-refractivity contribution in [2.75, 3.05) is 6.54 Å². The summed E-state index contributed by atoms with van der Waals surface area (Å²) >= 11 is 0. The van der Waals surface area contributed by atoms with Crippen LogP contribution in [0, 0.1) is 0 Å². The fourth-order valence-electron chi connectivity index (χ4n) is 4.04. The number of nitrogens with one attached hydrogen (secondary N) is 1. The monoisotopic (exact) mass is 384 g/mol. The van der Waals surface area contributed by atoms with Gasteiger partial charge in [0.05, 0.1) is 18.6 Å². The summed E-state index contributed by atoms with van der Waals surface area (Å²) in [5.74, 6) is 0.126. The molecule has 0 spiro atoms. The summed E-state index contributed by atoms with van der Waals surface area (Å²) in [6.45, 7) is 6.83. The zero-order valence-electron chi connectivity index (χ0n) is 17.1. The van der Waals surface area contributed by atoms with Gasteiger partial charge in [0.25, 0.3) is 0 Å². The van der Waals surface area contributed by atoms with Crippen LogP contribution >= 0.6 is 0 Å². The van der Waals surface area contributed by atoms with Gasteiger partial charge in [-0.1, -0.05) is 45.7 Å². The van der Waals surface area contributed by atoms with E-state index in [1.165, 1.54) is 0 Å². The van der Waals surface area contributed by atoms with Crippen LogP contribution in [0.2, 0.25) is 0 Å². The minimum absolute atomic E-state index is 0.107. The van der Waals surface area contributed by atoms with Gasteiger partial charge in [0.2, 0.25) is 5.91 Å². The second-order valence-corrected chi connectivity index (χ2v) is 8.92. The average molecular weight is 385 g/mol. The summed E-state index contributed by atoms with van der Waals surface area (Å²) in [7, 11) is 0. The molecule has 1 unspecified atom stereocenters. The Morgan fingerprint density at radius 3 is 2.61 bits per heavy atom. The van der Waals surface area contributed by atoms with E-state index >= 15 is 0 Å².